The smallest absolute Gasteiger partial charge is 0.123 e. The number of benzene rings is 1. The largest absolute Gasteiger partial charge is 0.376 e. The van der Waals surface area contributed by atoms with E-state index in [1.807, 2.05) is 38.2 Å². The Morgan fingerprint density at radius 2 is 1.84 bits per heavy atom. The van der Waals surface area contributed by atoms with E-state index in [1.54, 1.807) is 6.07 Å². The molecule has 1 fully saturated rings. The van der Waals surface area contributed by atoms with E-state index in [0.29, 0.717) is 5.92 Å². The van der Waals surface area contributed by atoms with E-state index in [-0.39, 0.29) is 11.7 Å². The van der Waals surface area contributed by atoms with Crippen LogP contribution in [0.25, 0.3) is 11.1 Å². The maximum Gasteiger partial charge on any atom is 0.123 e. The normalized spacial score (nSPS) is 20.3. The molecule has 0 N–H and O–H groups in total. The third kappa shape index (κ3) is 3.73. The summed E-state index contributed by atoms with van der Waals surface area (Å²) in [5.74, 6) is 0.386. The highest BCUT2D eigenvalue weighted by Crippen LogP contribution is 2.38. The summed E-state index contributed by atoms with van der Waals surface area (Å²) >= 11 is 0. The lowest BCUT2D eigenvalue weighted by Crippen LogP contribution is -2.16. The van der Waals surface area contributed by atoms with Crippen molar-refractivity contribution in [2.75, 3.05) is 19.0 Å². The number of nitrogens with zero attached hydrogens (tertiary/aromatic N) is 2. The molecule has 1 aromatic heterocycles. The first-order valence-electron chi connectivity index (χ1n) is 8.88. The molecule has 25 heavy (non-hydrogen) atoms. The summed E-state index contributed by atoms with van der Waals surface area (Å²) < 4.78 is 13.5. The minimum Gasteiger partial charge on any atom is -0.376 e. The highest BCUT2D eigenvalue weighted by Gasteiger charge is 2.24. The second-order valence-corrected chi connectivity index (χ2v) is 7.23. The molecule has 1 aliphatic rings. The van der Waals surface area contributed by atoms with Crippen molar-refractivity contribution in [3.05, 3.63) is 47.5 Å². The standard InChI is InChI=1S/C21H25FN2O/c1-14-10-17(22)8-9-18(14)19-11-20(23-12-21(19)24(2)3)16-6-4-15(13-25)5-7-16/h8-13,15-16H,4-7H2,1-3H3. The van der Waals surface area contributed by atoms with Gasteiger partial charge in [-0.3, -0.25) is 4.98 Å². The first-order chi connectivity index (χ1) is 12.0. The summed E-state index contributed by atoms with van der Waals surface area (Å²) in [6, 6.07) is 7.09. The number of aromatic nitrogens is 1. The molecule has 0 bridgehead atoms. The molecule has 132 valence electrons. The molecule has 1 saturated carbocycles. The second-order valence-electron chi connectivity index (χ2n) is 7.23. The van der Waals surface area contributed by atoms with Crippen molar-refractivity contribution in [3.8, 4) is 11.1 Å². The predicted octanol–water partition coefficient (Wildman–Crippen LogP) is 4.73. The highest BCUT2D eigenvalue weighted by molar-refractivity contribution is 5.80. The van der Waals surface area contributed by atoms with Gasteiger partial charge in [0.25, 0.3) is 0 Å². The Kier molecular flexibility index (Phi) is 5.16. The monoisotopic (exact) mass is 340 g/mol. The first kappa shape index (κ1) is 17.6. The molecule has 1 heterocycles. The zero-order valence-electron chi connectivity index (χ0n) is 15.1. The number of hydrogen-bond acceptors (Lipinski definition) is 3. The van der Waals surface area contributed by atoms with E-state index in [0.717, 1.165) is 60.0 Å². The molecule has 4 heteroatoms. The van der Waals surface area contributed by atoms with E-state index >= 15 is 0 Å². The Morgan fingerprint density at radius 1 is 1.12 bits per heavy atom. The van der Waals surface area contributed by atoms with Gasteiger partial charge in [0.15, 0.2) is 0 Å². The van der Waals surface area contributed by atoms with Gasteiger partial charge in [0.2, 0.25) is 0 Å². The number of anilines is 1. The van der Waals surface area contributed by atoms with E-state index in [1.165, 1.54) is 6.07 Å². The summed E-state index contributed by atoms with van der Waals surface area (Å²) in [5, 5.41) is 0. The zero-order chi connectivity index (χ0) is 18.0. The lowest BCUT2D eigenvalue weighted by atomic mass is 9.80. The molecule has 3 nitrogen and oxygen atoms in total. The van der Waals surface area contributed by atoms with Gasteiger partial charge in [0, 0.05) is 37.2 Å². The van der Waals surface area contributed by atoms with Gasteiger partial charge in [-0.25, -0.2) is 4.39 Å². The molecule has 0 spiro atoms. The van der Waals surface area contributed by atoms with E-state index in [2.05, 4.69) is 6.07 Å². The molecule has 0 radical (unpaired) electrons. The molecule has 2 aromatic rings. The van der Waals surface area contributed by atoms with Gasteiger partial charge in [-0.1, -0.05) is 6.07 Å². The van der Waals surface area contributed by atoms with Gasteiger partial charge in [-0.2, -0.15) is 0 Å². The van der Waals surface area contributed by atoms with Gasteiger partial charge >= 0.3 is 0 Å². The summed E-state index contributed by atoms with van der Waals surface area (Å²) in [4.78, 5) is 17.7. The second kappa shape index (κ2) is 7.34. The van der Waals surface area contributed by atoms with Gasteiger partial charge in [0.05, 0.1) is 11.9 Å². The van der Waals surface area contributed by atoms with Gasteiger partial charge in [0.1, 0.15) is 12.1 Å². The number of halogens is 1. The lowest BCUT2D eigenvalue weighted by Gasteiger charge is -2.26. The van der Waals surface area contributed by atoms with Crippen LogP contribution in [0, 0.1) is 18.7 Å². The Hall–Kier alpha value is -2.23. The Bertz CT molecular complexity index is 764. The fraction of sp³-hybridized carbons (Fsp3) is 0.429. The lowest BCUT2D eigenvalue weighted by molar-refractivity contribution is -0.111. The number of carbonyl (C=O) groups excluding carboxylic acids is 1. The molecular formula is C21H25FN2O. The zero-order valence-corrected chi connectivity index (χ0v) is 15.1. The van der Waals surface area contributed by atoms with Crippen molar-refractivity contribution in [2.24, 2.45) is 5.92 Å². The number of carbonyl (C=O) groups is 1. The SMILES string of the molecule is Cc1cc(F)ccc1-c1cc(C2CCC(C=O)CC2)ncc1N(C)C. The summed E-state index contributed by atoms with van der Waals surface area (Å²) in [5.41, 5.74) is 5.15. The Morgan fingerprint density at radius 3 is 2.44 bits per heavy atom. The molecule has 0 atom stereocenters. The quantitative estimate of drug-likeness (QED) is 0.754. The maximum atomic E-state index is 13.5. The average Bonchev–Trinajstić information content (AvgIpc) is 2.61. The molecule has 0 saturated heterocycles. The van der Waals surface area contributed by atoms with Crippen molar-refractivity contribution < 1.29 is 9.18 Å². The highest BCUT2D eigenvalue weighted by atomic mass is 19.1. The van der Waals surface area contributed by atoms with Crippen molar-refractivity contribution in [3.63, 3.8) is 0 Å². The number of rotatable bonds is 4. The van der Waals surface area contributed by atoms with Gasteiger partial charge < -0.3 is 9.69 Å². The van der Waals surface area contributed by atoms with Gasteiger partial charge in [-0.15, -0.1) is 0 Å². The van der Waals surface area contributed by atoms with Crippen LogP contribution in [-0.4, -0.2) is 25.4 Å². The third-order valence-corrected chi connectivity index (χ3v) is 5.25. The Labute approximate surface area is 148 Å². The number of aryl methyl sites for hydroxylation is 1. The van der Waals surface area contributed by atoms with Crippen LogP contribution in [0.15, 0.2) is 30.5 Å². The van der Waals surface area contributed by atoms with Crippen molar-refractivity contribution >= 4 is 12.0 Å². The van der Waals surface area contributed by atoms with Gasteiger partial charge in [-0.05, 0) is 61.9 Å². The molecule has 3 rings (SSSR count). The molecule has 1 aliphatic carbocycles. The van der Waals surface area contributed by atoms with Crippen LogP contribution in [0.3, 0.4) is 0 Å². The number of pyridine rings is 1. The molecular weight excluding hydrogens is 315 g/mol. The summed E-state index contributed by atoms with van der Waals surface area (Å²) in [6.45, 7) is 1.94. The number of hydrogen-bond donors (Lipinski definition) is 0. The molecule has 1 aromatic carbocycles. The van der Waals surface area contributed by atoms with Crippen LogP contribution in [-0.2, 0) is 4.79 Å². The third-order valence-electron chi connectivity index (χ3n) is 5.25. The van der Waals surface area contributed by atoms with Crippen LogP contribution in [0.4, 0.5) is 10.1 Å². The van der Waals surface area contributed by atoms with Crippen LogP contribution in [0.5, 0.6) is 0 Å². The van der Waals surface area contributed by atoms with E-state index < -0.39 is 0 Å². The van der Waals surface area contributed by atoms with Crippen molar-refractivity contribution in [1.29, 1.82) is 0 Å². The summed E-state index contributed by atoms with van der Waals surface area (Å²) in [7, 11) is 3.99. The maximum absolute atomic E-state index is 13.5. The predicted molar refractivity (Wildman–Crippen MR) is 99.5 cm³/mol. The van der Waals surface area contributed by atoms with Crippen LogP contribution >= 0.6 is 0 Å². The first-order valence-corrected chi connectivity index (χ1v) is 8.88. The van der Waals surface area contributed by atoms with Crippen LogP contribution < -0.4 is 4.90 Å². The average molecular weight is 340 g/mol. The minimum absolute atomic E-state index is 0.205. The molecule has 0 amide bonds. The topological polar surface area (TPSA) is 33.2 Å². The van der Waals surface area contributed by atoms with Crippen molar-refractivity contribution in [2.45, 2.75) is 38.5 Å². The van der Waals surface area contributed by atoms with Crippen molar-refractivity contribution in [1.82, 2.24) is 4.98 Å². The fourth-order valence-corrected chi connectivity index (χ4v) is 3.74. The fourth-order valence-electron chi connectivity index (χ4n) is 3.74. The summed E-state index contributed by atoms with van der Waals surface area (Å²) in [6.07, 6.45) is 6.89. The molecule has 0 aliphatic heterocycles. The minimum atomic E-state index is -0.214. The van der Waals surface area contributed by atoms with E-state index in [4.69, 9.17) is 4.98 Å². The Balaban J connectivity index is 1.99. The van der Waals surface area contributed by atoms with E-state index in [9.17, 15) is 9.18 Å². The number of aldehydes is 1. The molecule has 0 unspecified atom stereocenters. The van der Waals surface area contributed by atoms with Crippen LogP contribution in [0.1, 0.15) is 42.9 Å². The van der Waals surface area contributed by atoms with Crippen LogP contribution in [0.2, 0.25) is 0 Å².